The van der Waals surface area contributed by atoms with Gasteiger partial charge in [0, 0.05) is 12.5 Å². The molecule has 0 spiro atoms. The Morgan fingerprint density at radius 1 is 1.28 bits per heavy atom. The number of nitrogens with one attached hydrogen (secondary N) is 1. The van der Waals surface area contributed by atoms with Crippen molar-refractivity contribution in [2.75, 3.05) is 6.54 Å². The average Bonchev–Trinajstić information content (AvgIpc) is 2.33. The van der Waals surface area contributed by atoms with Crippen LogP contribution in [0.4, 0.5) is 0 Å². The largest absolute Gasteiger partial charge is 0.314 e. The van der Waals surface area contributed by atoms with Crippen LogP contribution in [0.2, 0.25) is 0 Å². The maximum Gasteiger partial charge on any atom is 0.0143 e. The maximum atomic E-state index is 3.79. The highest BCUT2D eigenvalue weighted by molar-refractivity contribution is 5.02. The molecular formula is C17H31N. The Kier molecular flexibility index (Phi) is 6.22. The first-order chi connectivity index (χ1) is 8.51. The molecule has 1 fully saturated rings. The van der Waals surface area contributed by atoms with Crippen molar-refractivity contribution in [1.82, 2.24) is 5.32 Å². The van der Waals surface area contributed by atoms with Crippen molar-refractivity contribution in [3.63, 3.8) is 0 Å². The highest BCUT2D eigenvalue weighted by Crippen LogP contribution is 2.42. The van der Waals surface area contributed by atoms with E-state index in [1.807, 2.05) is 6.92 Å². The summed E-state index contributed by atoms with van der Waals surface area (Å²) in [4.78, 5) is 0. The molecule has 1 aliphatic rings. The molecular weight excluding hydrogens is 218 g/mol. The first-order valence-corrected chi connectivity index (χ1v) is 7.64. The van der Waals surface area contributed by atoms with Gasteiger partial charge in [-0.05, 0) is 50.0 Å². The standard InChI is InChI=1S/C17H31N/c1-6-8-11-17(4,5)15-10-9-14(3)13-16(15)18-12-7-2/h14-16,18H,7,9-13H2,1-5H3. The molecule has 3 atom stereocenters. The van der Waals surface area contributed by atoms with E-state index >= 15 is 0 Å². The van der Waals surface area contributed by atoms with E-state index in [2.05, 4.69) is 44.9 Å². The molecule has 0 aromatic heterocycles. The molecule has 0 amide bonds. The highest BCUT2D eigenvalue weighted by atomic mass is 14.9. The second-order valence-electron chi connectivity index (χ2n) is 6.68. The zero-order valence-electron chi connectivity index (χ0n) is 13.0. The number of hydrogen-bond acceptors (Lipinski definition) is 1. The molecule has 0 aliphatic heterocycles. The fraction of sp³-hybridized carbons (Fsp3) is 0.882. The van der Waals surface area contributed by atoms with Gasteiger partial charge in [-0.15, -0.1) is 11.8 Å². The van der Waals surface area contributed by atoms with Gasteiger partial charge in [-0.2, -0.15) is 0 Å². The molecule has 0 radical (unpaired) electrons. The lowest BCUT2D eigenvalue weighted by Gasteiger charge is -2.44. The third kappa shape index (κ3) is 4.32. The second kappa shape index (κ2) is 7.19. The first-order valence-electron chi connectivity index (χ1n) is 7.64. The predicted molar refractivity (Wildman–Crippen MR) is 80.4 cm³/mol. The third-order valence-corrected chi connectivity index (χ3v) is 4.49. The van der Waals surface area contributed by atoms with E-state index in [0.29, 0.717) is 11.5 Å². The van der Waals surface area contributed by atoms with Gasteiger partial charge in [0.15, 0.2) is 0 Å². The summed E-state index contributed by atoms with van der Waals surface area (Å²) in [5, 5.41) is 3.79. The van der Waals surface area contributed by atoms with Crippen molar-refractivity contribution in [3.05, 3.63) is 0 Å². The molecule has 1 saturated carbocycles. The predicted octanol–water partition coefficient (Wildman–Crippen LogP) is 4.23. The summed E-state index contributed by atoms with van der Waals surface area (Å²) in [6.07, 6.45) is 6.35. The van der Waals surface area contributed by atoms with Crippen LogP contribution in [0.25, 0.3) is 0 Å². The fourth-order valence-electron chi connectivity index (χ4n) is 3.32. The molecule has 1 rings (SSSR count). The van der Waals surface area contributed by atoms with Crippen LogP contribution in [0.3, 0.4) is 0 Å². The molecule has 0 aromatic rings. The van der Waals surface area contributed by atoms with Crippen LogP contribution in [0.1, 0.15) is 66.7 Å². The molecule has 3 unspecified atom stereocenters. The number of rotatable bonds is 5. The molecule has 1 aliphatic carbocycles. The maximum absolute atomic E-state index is 3.79. The van der Waals surface area contributed by atoms with Crippen LogP contribution >= 0.6 is 0 Å². The third-order valence-electron chi connectivity index (χ3n) is 4.49. The average molecular weight is 249 g/mol. The fourth-order valence-corrected chi connectivity index (χ4v) is 3.32. The summed E-state index contributed by atoms with van der Waals surface area (Å²) in [5.74, 6) is 8.01. The quantitative estimate of drug-likeness (QED) is 0.719. The normalized spacial score (nSPS) is 28.6. The first kappa shape index (κ1) is 15.6. The second-order valence-corrected chi connectivity index (χ2v) is 6.68. The van der Waals surface area contributed by atoms with Crippen molar-refractivity contribution in [1.29, 1.82) is 0 Å². The molecule has 104 valence electrons. The van der Waals surface area contributed by atoms with Gasteiger partial charge < -0.3 is 5.32 Å². The summed E-state index contributed by atoms with van der Waals surface area (Å²) in [6, 6.07) is 0.697. The van der Waals surface area contributed by atoms with E-state index in [1.165, 1.54) is 25.7 Å². The van der Waals surface area contributed by atoms with Gasteiger partial charge in [-0.1, -0.05) is 34.1 Å². The van der Waals surface area contributed by atoms with Gasteiger partial charge in [0.2, 0.25) is 0 Å². The summed E-state index contributed by atoms with van der Waals surface area (Å²) in [5.41, 5.74) is 0.342. The Morgan fingerprint density at radius 3 is 2.61 bits per heavy atom. The van der Waals surface area contributed by atoms with Gasteiger partial charge in [0.25, 0.3) is 0 Å². The van der Waals surface area contributed by atoms with Crippen LogP contribution in [0.15, 0.2) is 0 Å². The molecule has 1 nitrogen and oxygen atoms in total. The van der Waals surface area contributed by atoms with Crippen molar-refractivity contribution < 1.29 is 0 Å². The Balaban J connectivity index is 2.70. The van der Waals surface area contributed by atoms with Gasteiger partial charge in [0.05, 0.1) is 0 Å². The van der Waals surface area contributed by atoms with Crippen molar-refractivity contribution in [2.45, 2.75) is 72.8 Å². The van der Waals surface area contributed by atoms with Crippen LogP contribution < -0.4 is 5.32 Å². The van der Waals surface area contributed by atoms with E-state index in [1.54, 1.807) is 0 Å². The van der Waals surface area contributed by atoms with Gasteiger partial charge in [-0.3, -0.25) is 0 Å². The molecule has 0 heterocycles. The topological polar surface area (TPSA) is 12.0 Å². The molecule has 0 bridgehead atoms. The van der Waals surface area contributed by atoms with E-state index < -0.39 is 0 Å². The summed E-state index contributed by atoms with van der Waals surface area (Å²) < 4.78 is 0. The Hall–Kier alpha value is -0.480. The smallest absolute Gasteiger partial charge is 0.0143 e. The molecule has 0 aromatic carbocycles. The Morgan fingerprint density at radius 2 is 2.00 bits per heavy atom. The monoisotopic (exact) mass is 249 g/mol. The lowest BCUT2D eigenvalue weighted by Crippen LogP contribution is -2.47. The molecule has 0 saturated heterocycles. The highest BCUT2D eigenvalue weighted by Gasteiger charge is 2.38. The van der Waals surface area contributed by atoms with Gasteiger partial charge in [0.1, 0.15) is 0 Å². The lowest BCUT2D eigenvalue weighted by molar-refractivity contribution is 0.0979. The Labute approximate surface area is 114 Å². The van der Waals surface area contributed by atoms with E-state index in [9.17, 15) is 0 Å². The van der Waals surface area contributed by atoms with Crippen molar-refractivity contribution in [2.24, 2.45) is 17.3 Å². The minimum absolute atomic E-state index is 0.342. The van der Waals surface area contributed by atoms with Crippen LogP contribution in [0, 0.1) is 29.1 Å². The minimum atomic E-state index is 0.342. The minimum Gasteiger partial charge on any atom is -0.314 e. The zero-order valence-corrected chi connectivity index (χ0v) is 13.0. The van der Waals surface area contributed by atoms with Gasteiger partial charge in [-0.25, -0.2) is 0 Å². The number of hydrogen-bond donors (Lipinski definition) is 1. The molecule has 1 N–H and O–H groups in total. The van der Waals surface area contributed by atoms with E-state index in [0.717, 1.165) is 24.8 Å². The van der Waals surface area contributed by atoms with Crippen molar-refractivity contribution in [3.8, 4) is 11.8 Å². The Bertz CT molecular complexity index is 294. The lowest BCUT2D eigenvalue weighted by atomic mass is 9.65. The van der Waals surface area contributed by atoms with Gasteiger partial charge >= 0.3 is 0 Å². The van der Waals surface area contributed by atoms with E-state index in [4.69, 9.17) is 0 Å². The SMILES string of the molecule is CC#CCC(C)(C)C1CCC(C)CC1NCCC. The molecule has 18 heavy (non-hydrogen) atoms. The summed E-state index contributed by atoms with van der Waals surface area (Å²) >= 11 is 0. The van der Waals surface area contributed by atoms with Crippen LogP contribution in [0.5, 0.6) is 0 Å². The van der Waals surface area contributed by atoms with Crippen molar-refractivity contribution >= 4 is 0 Å². The zero-order chi connectivity index (χ0) is 13.6. The summed E-state index contributed by atoms with van der Waals surface area (Å²) in [6.45, 7) is 12.6. The molecule has 1 heteroatoms. The van der Waals surface area contributed by atoms with Crippen LogP contribution in [-0.4, -0.2) is 12.6 Å². The van der Waals surface area contributed by atoms with Crippen LogP contribution in [-0.2, 0) is 0 Å². The summed E-state index contributed by atoms with van der Waals surface area (Å²) in [7, 11) is 0. The van der Waals surface area contributed by atoms with E-state index in [-0.39, 0.29) is 0 Å².